The molecule has 0 amide bonds. The summed E-state index contributed by atoms with van der Waals surface area (Å²) in [6.45, 7) is 4.97. The second-order valence-corrected chi connectivity index (χ2v) is 6.90. The predicted octanol–water partition coefficient (Wildman–Crippen LogP) is 3.36. The number of rotatable bonds is 6. The van der Waals surface area contributed by atoms with Gasteiger partial charge in [0.25, 0.3) is 0 Å². The average Bonchev–Trinajstić information content (AvgIpc) is 2.71. The minimum Gasteiger partial charge on any atom is -0.490 e. The first-order chi connectivity index (χ1) is 13.7. The summed E-state index contributed by atoms with van der Waals surface area (Å²) in [6, 6.07) is 9.01. The van der Waals surface area contributed by atoms with Gasteiger partial charge in [0, 0.05) is 38.1 Å². The Labute approximate surface area is 189 Å². The number of aromatic nitrogens is 1. The van der Waals surface area contributed by atoms with Crippen LogP contribution in [0, 0.1) is 12.7 Å². The van der Waals surface area contributed by atoms with Gasteiger partial charge in [0.2, 0.25) is 0 Å². The van der Waals surface area contributed by atoms with E-state index in [1.807, 2.05) is 25.1 Å². The van der Waals surface area contributed by atoms with E-state index < -0.39 is 0 Å². The Morgan fingerprint density at radius 2 is 2.24 bits per heavy atom. The lowest BCUT2D eigenvalue weighted by Gasteiger charge is -2.36. The number of nitrogens with zero attached hydrogens (tertiary/aromatic N) is 3. The summed E-state index contributed by atoms with van der Waals surface area (Å²) in [7, 11) is 1.77. The summed E-state index contributed by atoms with van der Waals surface area (Å²) in [5.41, 5.74) is 2.07. The highest BCUT2D eigenvalue weighted by molar-refractivity contribution is 14.0. The van der Waals surface area contributed by atoms with Crippen LogP contribution in [0.25, 0.3) is 0 Å². The fraction of sp³-hybridized carbons (Fsp3) is 0.429. The number of halogens is 2. The number of aliphatic imine (C=N–C) groups is 1. The van der Waals surface area contributed by atoms with Gasteiger partial charge < -0.3 is 20.3 Å². The van der Waals surface area contributed by atoms with Gasteiger partial charge in [-0.05, 0) is 55.7 Å². The van der Waals surface area contributed by atoms with Gasteiger partial charge in [0.15, 0.2) is 5.96 Å². The molecule has 6 nitrogen and oxygen atoms in total. The molecule has 8 heteroatoms. The van der Waals surface area contributed by atoms with Crippen LogP contribution in [0.2, 0.25) is 0 Å². The molecule has 0 radical (unpaired) electrons. The Morgan fingerprint density at radius 3 is 2.97 bits per heavy atom. The van der Waals surface area contributed by atoms with Gasteiger partial charge in [-0.3, -0.25) is 9.98 Å². The molecular weight excluding hydrogens is 484 g/mol. The predicted molar refractivity (Wildman–Crippen MR) is 126 cm³/mol. The Bertz CT molecular complexity index is 790. The van der Waals surface area contributed by atoms with Gasteiger partial charge in [-0.1, -0.05) is 0 Å². The van der Waals surface area contributed by atoms with Crippen LogP contribution >= 0.6 is 24.0 Å². The number of ether oxygens (including phenoxy) is 1. The van der Waals surface area contributed by atoms with Crippen molar-refractivity contribution in [3.63, 3.8) is 0 Å². The van der Waals surface area contributed by atoms with Gasteiger partial charge >= 0.3 is 0 Å². The summed E-state index contributed by atoms with van der Waals surface area (Å²) in [4.78, 5) is 10.7. The van der Waals surface area contributed by atoms with Crippen LogP contribution in [-0.4, -0.2) is 50.3 Å². The first-order valence-electron chi connectivity index (χ1n) is 9.67. The van der Waals surface area contributed by atoms with Crippen molar-refractivity contribution < 1.29 is 9.13 Å². The van der Waals surface area contributed by atoms with Gasteiger partial charge in [-0.2, -0.15) is 0 Å². The molecule has 1 fully saturated rings. The Kier molecular flexibility index (Phi) is 9.43. The molecule has 1 aromatic carbocycles. The van der Waals surface area contributed by atoms with E-state index in [1.54, 1.807) is 25.5 Å². The lowest BCUT2D eigenvalue weighted by Crippen LogP contribution is -2.51. The summed E-state index contributed by atoms with van der Waals surface area (Å²) < 4.78 is 19.0. The second-order valence-electron chi connectivity index (χ2n) is 6.90. The fourth-order valence-corrected chi connectivity index (χ4v) is 3.45. The van der Waals surface area contributed by atoms with Crippen LogP contribution in [0.5, 0.6) is 5.75 Å². The van der Waals surface area contributed by atoms with Gasteiger partial charge in [0.1, 0.15) is 18.2 Å². The number of piperidine rings is 1. The molecule has 2 heterocycles. The molecule has 2 N–H and O–H groups in total. The third-order valence-electron chi connectivity index (χ3n) is 4.78. The molecule has 0 saturated carbocycles. The maximum atomic E-state index is 13.4. The van der Waals surface area contributed by atoms with E-state index in [0.29, 0.717) is 13.2 Å². The van der Waals surface area contributed by atoms with E-state index in [0.717, 1.165) is 48.9 Å². The van der Waals surface area contributed by atoms with Crippen LogP contribution in [0.1, 0.15) is 18.4 Å². The monoisotopic (exact) mass is 513 g/mol. The molecule has 1 saturated heterocycles. The minimum absolute atomic E-state index is 0. The largest absolute Gasteiger partial charge is 0.490 e. The van der Waals surface area contributed by atoms with Crippen LogP contribution in [-0.2, 0) is 0 Å². The number of benzene rings is 1. The average molecular weight is 513 g/mol. The van der Waals surface area contributed by atoms with Crippen molar-refractivity contribution >= 4 is 35.6 Å². The first-order valence-corrected chi connectivity index (χ1v) is 9.67. The lowest BCUT2D eigenvalue weighted by molar-refractivity contribution is 0.320. The number of pyridine rings is 1. The molecule has 0 bridgehead atoms. The van der Waals surface area contributed by atoms with Gasteiger partial charge in [-0.25, -0.2) is 4.39 Å². The maximum Gasteiger partial charge on any atom is 0.191 e. The number of aryl methyl sites for hydroxylation is 1. The highest BCUT2D eigenvalue weighted by atomic mass is 127. The van der Waals surface area contributed by atoms with Crippen molar-refractivity contribution in [3.8, 4) is 5.75 Å². The van der Waals surface area contributed by atoms with Crippen LogP contribution < -0.4 is 20.3 Å². The van der Waals surface area contributed by atoms with E-state index >= 15 is 0 Å². The van der Waals surface area contributed by atoms with Crippen LogP contribution in [0.3, 0.4) is 0 Å². The number of guanidine groups is 1. The summed E-state index contributed by atoms with van der Waals surface area (Å²) in [5, 5.41) is 6.78. The zero-order chi connectivity index (χ0) is 19.8. The molecule has 1 aliphatic rings. The molecule has 0 spiro atoms. The molecule has 29 heavy (non-hydrogen) atoms. The number of hydrogen-bond acceptors (Lipinski definition) is 4. The van der Waals surface area contributed by atoms with Gasteiger partial charge in [0.05, 0.1) is 12.7 Å². The van der Waals surface area contributed by atoms with Crippen molar-refractivity contribution in [2.24, 2.45) is 4.99 Å². The molecule has 158 valence electrons. The van der Waals surface area contributed by atoms with Crippen LogP contribution in [0.4, 0.5) is 10.1 Å². The van der Waals surface area contributed by atoms with Gasteiger partial charge in [-0.15, -0.1) is 24.0 Å². The van der Waals surface area contributed by atoms with Crippen molar-refractivity contribution in [3.05, 3.63) is 54.1 Å². The zero-order valence-electron chi connectivity index (χ0n) is 16.9. The Morgan fingerprint density at radius 1 is 1.38 bits per heavy atom. The van der Waals surface area contributed by atoms with Crippen molar-refractivity contribution in [2.75, 3.05) is 38.2 Å². The van der Waals surface area contributed by atoms with E-state index in [2.05, 4.69) is 25.5 Å². The molecular formula is C21H29FIN5O. The first kappa shape index (κ1) is 23.2. The molecule has 0 aliphatic carbocycles. The highest BCUT2D eigenvalue weighted by Gasteiger charge is 2.22. The van der Waals surface area contributed by atoms with Crippen molar-refractivity contribution in [1.82, 2.24) is 15.6 Å². The maximum absolute atomic E-state index is 13.4. The zero-order valence-corrected chi connectivity index (χ0v) is 19.2. The van der Waals surface area contributed by atoms with E-state index in [4.69, 9.17) is 4.74 Å². The number of anilines is 1. The molecule has 2 aromatic rings. The Balaban J connectivity index is 0.00000300. The van der Waals surface area contributed by atoms with E-state index in [-0.39, 0.29) is 35.8 Å². The molecule has 1 aliphatic heterocycles. The van der Waals surface area contributed by atoms with Crippen LogP contribution in [0.15, 0.2) is 47.7 Å². The SMILES string of the molecule is CN=C(NCCOc1cccnc1)NC1CCCN(c2ccc(F)cc2C)C1.I. The molecule has 1 unspecified atom stereocenters. The molecule has 1 aromatic heterocycles. The number of hydrogen-bond donors (Lipinski definition) is 2. The Hall–Kier alpha value is -2.10. The fourth-order valence-electron chi connectivity index (χ4n) is 3.45. The van der Waals surface area contributed by atoms with Crippen molar-refractivity contribution in [2.45, 2.75) is 25.8 Å². The normalized spacial score (nSPS) is 16.7. The third kappa shape index (κ3) is 7.02. The second kappa shape index (κ2) is 11.8. The minimum atomic E-state index is -0.189. The van der Waals surface area contributed by atoms with E-state index in [1.165, 1.54) is 6.07 Å². The molecule has 3 rings (SSSR count). The van der Waals surface area contributed by atoms with Crippen molar-refractivity contribution in [1.29, 1.82) is 0 Å². The quantitative estimate of drug-likeness (QED) is 0.269. The molecule has 1 atom stereocenters. The third-order valence-corrected chi connectivity index (χ3v) is 4.78. The lowest BCUT2D eigenvalue weighted by atomic mass is 10.0. The number of nitrogens with one attached hydrogen (secondary N) is 2. The highest BCUT2D eigenvalue weighted by Crippen LogP contribution is 2.24. The summed E-state index contributed by atoms with van der Waals surface area (Å²) >= 11 is 0. The van der Waals surface area contributed by atoms with E-state index in [9.17, 15) is 4.39 Å². The standard InChI is InChI=1S/C21H28FN5O.HI/c1-16-13-17(22)7-8-20(16)27-11-4-5-18(15-27)26-21(23-2)25-10-12-28-19-6-3-9-24-14-19;/h3,6-9,13-14,18H,4-5,10-12,15H2,1-2H3,(H2,23,25,26);1H. The summed E-state index contributed by atoms with van der Waals surface area (Å²) in [5.74, 6) is 1.33. The smallest absolute Gasteiger partial charge is 0.191 e. The topological polar surface area (TPSA) is 61.8 Å². The summed E-state index contributed by atoms with van der Waals surface area (Å²) in [6.07, 6.45) is 5.57.